The van der Waals surface area contributed by atoms with Crippen LogP contribution in [0.1, 0.15) is 41.9 Å². The highest BCUT2D eigenvalue weighted by Crippen LogP contribution is 2.64. The molecule has 2 aromatic rings. The zero-order valence-electron chi connectivity index (χ0n) is 14.5. The molecule has 6 heteroatoms. The molecule has 2 atom stereocenters. The Morgan fingerprint density at radius 2 is 1.67 bits per heavy atom. The van der Waals surface area contributed by atoms with Gasteiger partial charge in [0.1, 0.15) is 0 Å². The molecule has 27 heavy (non-hydrogen) atoms. The molecule has 0 aromatic heterocycles. The number of hydrogen-bond donors (Lipinski definition) is 0. The van der Waals surface area contributed by atoms with Gasteiger partial charge in [0.25, 0.3) is 0 Å². The highest BCUT2D eigenvalue weighted by atomic mass is 19.4. The van der Waals surface area contributed by atoms with E-state index >= 15 is 0 Å². The first kappa shape index (κ1) is 17.8. The van der Waals surface area contributed by atoms with E-state index in [-0.39, 0.29) is 30.7 Å². The van der Waals surface area contributed by atoms with E-state index in [9.17, 15) is 22.8 Å². The van der Waals surface area contributed by atoms with Gasteiger partial charge >= 0.3 is 6.18 Å². The molecule has 140 valence electrons. The van der Waals surface area contributed by atoms with Crippen molar-refractivity contribution in [3.05, 3.63) is 71.3 Å². The summed E-state index contributed by atoms with van der Waals surface area (Å²) >= 11 is 0. The lowest BCUT2D eigenvalue weighted by atomic mass is 9.88. The molecule has 0 bridgehead atoms. The monoisotopic (exact) mass is 373 g/mol. The number of carbonyl (C=O) groups is 2. The summed E-state index contributed by atoms with van der Waals surface area (Å²) in [5.74, 6) is -0.515. The molecule has 1 aliphatic carbocycles. The molecule has 3 nitrogen and oxygen atoms in total. The molecule has 1 saturated carbocycles. The zero-order valence-corrected chi connectivity index (χ0v) is 14.5. The average molecular weight is 373 g/mol. The van der Waals surface area contributed by atoms with Crippen molar-refractivity contribution in [2.24, 2.45) is 5.41 Å². The number of nitrogens with zero attached hydrogens (tertiary/aromatic N) is 1. The van der Waals surface area contributed by atoms with Crippen molar-refractivity contribution in [1.82, 2.24) is 4.90 Å². The molecule has 0 N–H and O–H groups in total. The Labute approximate surface area is 154 Å². The fourth-order valence-corrected chi connectivity index (χ4v) is 4.04. The minimum atomic E-state index is -4.38. The molecule has 2 fully saturated rings. The normalized spacial score (nSPS) is 25.1. The van der Waals surface area contributed by atoms with Crippen LogP contribution in [0.2, 0.25) is 0 Å². The van der Waals surface area contributed by atoms with E-state index in [4.69, 9.17) is 0 Å². The smallest absolute Gasteiger partial charge is 0.278 e. The summed E-state index contributed by atoms with van der Waals surface area (Å²) in [7, 11) is 0. The number of benzene rings is 2. The third kappa shape index (κ3) is 3.13. The van der Waals surface area contributed by atoms with Crippen molar-refractivity contribution in [2.75, 3.05) is 0 Å². The van der Waals surface area contributed by atoms with Crippen LogP contribution in [-0.4, -0.2) is 16.7 Å². The lowest BCUT2D eigenvalue weighted by Gasteiger charge is -2.32. The van der Waals surface area contributed by atoms with E-state index in [1.54, 1.807) is 0 Å². The van der Waals surface area contributed by atoms with E-state index in [1.807, 2.05) is 30.3 Å². The second-order valence-electron chi connectivity index (χ2n) is 7.30. The van der Waals surface area contributed by atoms with Gasteiger partial charge in [-0.2, -0.15) is 13.2 Å². The predicted octanol–water partition coefficient (Wildman–Crippen LogP) is 4.53. The van der Waals surface area contributed by atoms with Crippen LogP contribution in [0.4, 0.5) is 13.2 Å². The molecule has 2 aliphatic rings. The number of rotatable bonds is 3. The standard InChI is InChI=1S/C21H18F3NO2/c22-21(23,24)16-8-6-15(7-9-16)17-12-20(17)11-10-18(26)25(19(20)27)13-14-4-2-1-3-5-14/h1-9,17H,10-13H2/t17-,20-/m1/s1. The van der Waals surface area contributed by atoms with Crippen LogP contribution >= 0.6 is 0 Å². The minimum absolute atomic E-state index is 0.126. The van der Waals surface area contributed by atoms with E-state index in [0.29, 0.717) is 12.8 Å². The first-order valence-corrected chi connectivity index (χ1v) is 8.87. The Kier molecular flexibility index (Phi) is 4.09. The van der Waals surface area contributed by atoms with E-state index in [2.05, 4.69) is 0 Å². The summed E-state index contributed by atoms with van der Waals surface area (Å²) in [5, 5.41) is 0. The number of amides is 2. The van der Waals surface area contributed by atoms with Crippen LogP contribution in [-0.2, 0) is 22.3 Å². The molecule has 2 amide bonds. The topological polar surface area (TPSA) is 37.4 Å². The van der Waals surface area contributed by atoms with E-state index < -0.39 is 17.2 Å². The van der Waals surface area contributed by atoms with Crippen molar-refractivity contribution in [3.63, 3.8) is 0 Å². The molecular formula is C21H18F3NO2. The predicted molar refractivity (Wildman–Crippen MR) is 92.5 cm³/mol. The van der Waals surface area contributed by atoms with Gasteiger partial charge in [-0.15, -0.1) is 0 Å². The minimum Gasteiger partial charge on any atom is -0.278 e. The van der Waals surface area contributed by atoms with Gasteiger partial charge in [-0.05, 0) is 42.0 Å². The maximum atomic E-state index is 13.1. The Morgan fingerprint density at radius 1 is 1.00 bits per heavy atom. The highest BCUT2D eigenvalue weighted by molar-refractivity contribution is 6.02. The number of hydrogen-bond acceptors (Lipinski definition) is 2. The largest absolute Gasteiger partial charge is 0.416 e. The van der Waals surface area contributed by atoms with Crippen molar-refractivity contribution in [3.8, 4) is 0 Å². The van der Waals surface area contributed by atoms with Crippen LogP contribution in [0.3, 0.4) is 0 Å². The molecule has 1 saturated heterocycles. The summed E-state index contributed by atoms with van der Waals surface area (Å²) in [6, 6.07) is 14.3. The van der Waals surface area contributed by atoms with Gasteiger partial charge in [0, 0.05) is 6.42 Å². The van der Waals surface area contributed by atoms with Crippen LogP contribution in [0.5, 0.6) is 0 Å². The summed E-state index contributed by atoms with van der Waals surface area (Å²) in [6.07, 6.45) is -3.05. The second kappa shape index (κ2) is 6.22. The average Bonchev–Trinajstić information content (AvgIpc) is 3.38. The van der Waals surface area contributed by atoms with Gasteiger partial charge in [0.2, 0.25) is 11.8 Å². The first-order chi connectivity index (χ1) is 12.8. The maximum absolute atomic E-state index is 13.1. The maximum Gasteiger partial charge on any atom is 0.416 e. The van der Waals surface area contributed by atoms with Gasteiger partial charge in [-0.25, -0.2) is 0 Å². The van der Waals surface area contributed by atoms with Gasteiger partial charge < -0.3 is 0 Å². The van der Waals surface area contributed by atoms with Crippen molar-refractivity contribution >= 4 is 11.8 Å². The lowest BCUT2D eigenvalue weighted by molar-refractivity contribution is -0.154. The number of halogens is 3. The third-order valence-electron chi connectivity index (χ3n) is 5.66. The number of likely N-dealkylation sites (tertiary alicyclic amines) is 1. The van der Waals surface area contributed by atoms with Crippen molar-refractivity contribution in [1.29, 1.82) is 0 Å². The van der Waals surface area contributed by atoms with Gasteiger partial charge in [0.05, 0.1) is 17.5 Å². The zero-order chi connectivity index (χ0) is 19.2. The van der Waals surface area contributed by atoms with Crippen LogP contribution < -0.4 is 0 Å². The van der Waals surface area contributed by atoms with Crippen LogP contribution in [0.15, 0.2) is 54.6 Å². The molecule has 4 rings (SSSR count). The Morgan fingerprint density at radius 3 is 2.30 bits per heavy atom. The van der Waals surface area contributed by atoms with Crippen molar-refractivity contribution < 1.29 is 22.8 Å². The SMILES string of the molecule is O=C1CC[C@]2(C[C@@H]2c2ccc(C(F)(F)F)cc2)C(=O)N1Cc1ccccc1. The number of carbonyl (C=O) groups excluding carboxylic acids is 2. The number of alkyl halides is 3. The van der Waals surface area contributed by atoms with Crippen LogP contribution in [0, 0.1) is 5.41 Å². The summed E-state index contributed by atoms with van der Waals surface area (Å²) < 4.78 is 38.2. The fraction of sp³-hybridized carbons (Fsp3) is 0.333. The molecular weight excluding hydrogens is 355 g/mol. The Hall–Kier alpha value is -2.63. The molecule has 2 aromatic carbocycles. The lowest BCUT2D eigenvalue weighted by Crippen LogP contribution is -2.46. The molecule has 1 spiro atoms. The molecule has 0 unspecified atom stereocenters. The molecule has 1 heterocycles. The van der Waals surface area contributed by atoms with Gasteiger partial charge in [0.15, 0.2) is 0 Å². The first-order valence-electron chi connectivity index (χ1n) is 8.87. The Bertz CT molecular complexity index is 877. The van der Waals surface area contributed by atoms with E-state index in [1.165, 1.54) is 17.0 Å². The van der Waals surface area contributed by atoms with Gasteiger partial charge in [-0.1, -0.05) is 42.5 Å². The van der Waals surface area contributed by atoms with Gasteiger partial charge in [-0.3, -0.25) is 14.5 Å². The third-order valence-corrected chi connectivity index (χ3v) is 5.66. The fourth-order valence-electron chi connectivity index (χ4n) is 4.04. The number of imide groups is 1. The molecule has 1 aliphatic heterocycles. The summed E-state index contributed by atoms with van der Waals surface area (Å²) in [6.45, 7) is 0.236. The summed E-state index contributed by atoms with van der Waals surface area (Å²) in [5.41, 5.74) is 0.257. The second-order valence-corrected chi connectivity index (χ2v) is 7.30. The summed E-state index contributed by atoms with van der Waals surface area (Å²) in [4.78, 5) is 26.7. The highest BCUT2D eigenvalue weighted by Gasteiger charge is 2.63. The Balaban J connectivity index is 1.54. The quantitative estimate of drug-likeness (QED) is 0.742. The van der Waals surface area contributed by atoms with Crippen LogP contribution in [0.25, 0.3) is 0 Å². The van der Waals surface area contributed by atoms with Crippen molar-refractivity contribution in [2.45, 2.75) is 37.9 Å². The molecule has 0 radical (unpaired) electrons. The van der Waals surface area contributed by atoms with E-state index in [0.717, 1.165) is 23.3 Å². The number of piperidine rings is 1.